The van der Waals surface area contributed by atoms with Gasteiger partial charge < -0.3 is 10.1 Å². The lowest BCUT2D eigenvalue weighted by atomic mass is 10.0. The highest BCUT2D eigenvalue weighted by Gasteiger charge is 2.29. The molecule has 3 heteroatoms. The Balaban J connectivity index is 1.97. The predicted molar refractivity (Wildman–Crippen MR) is 78.4 cm³/mol. The number of hydrogen-bond donors (Lipinski definition) is 1. The van der Waals surface area contributed by atoms with Crippen LogP contribution in [0.2, 0.25) is 0 Å². The van der Waals surface area contributed by atoms with Crippen molar-refractivity contribution in [1.82, 2.24) is 5.32 Å². The fraction of sp³-hybridized carbons (Fsp3) is 0.733. The van der Waals surface area contributed by atoms with E-state index < -0.39 is 0 Å². The number of nitrogens with one attached hydrogen (secondary N) is 1. The topological polar surface area (TPSA) is 21.3 Å². The van der Waals surface area contributed by atoms with E-state index in [9.17, 15) is 0 Å². The minimum Gasteiger partial charge on any atom is -0.374 e. The van der Waals surface area contributed by atoms with Crippen LogP contribution in [-0.4, -0.2) is 24.8 Å². The average molecular weight is 267 g/mol. The van der Waals surface area contributed by atoms with Crippen LogP contribution in [0.3, 0.4) is 0 Å². The quantitative estimate of drug-likeness (QED) is 0.853. The molecule has 0 spiro atoms. The fourth-order valence-electron chi connectivity index (χ4n) is 2.67. The zero-order chi connectivity index (χ0) is 13.0. The summed E-state index contributed by atoms with van der Waals surface area (Å²) in [4.78, 5) is 2.97. The van der Waals surface area contributed by atoms with Crippen molar-refractivity contribution in [2.24, 2.45) is 0 Å². The molecule has 0 aliphatic carbocycles. The van der Waals surface area contributed by atoms with Crippen LogP contribution in [-0.2, 0) is 17.6 Å². The van der Waals surface area contributed by atoms with Crippen LogP contribution in [0.25, 0.3) is 0 Å². The van der Waals surface area contributed by atoms with Gasteiger partial charge in [0.1, 0.15) is 0 Å². The SMILES string of the molecule is CCNC(Cc1ccc(CC)s1)C1CCC(C)O1. The maximum Gasteiger partial charge on any atom is 0.0736 e. The Bertz CT molecular complexity index is 363. The molecule has 0 amide bonds. The van der Waals surface area contributed by atoms with E-state index in [-0.39, 0.29) is 0 Å². The lowest BCUT2D eigenvalue weighted by molar-refractivity contribution is 0.0326. The number of thiophene rings is 1. The Labute approximate surface area is 115 Å². The molecular weight excluding hydrogens is 242 g/mol. The van der Waals surface area contributed by atoms with Crippen molar-refractivity contribution in [1.29, 1.82) is 0 Å². The molecule has 0 radical (unpaired) electrons. The summed E-state index contributed by atoms with van der Waals surface area (Å²) in [6.07, 6.45) is 5.49. The molecule has 102 valence electrons. The lowest BCUT2D eigenvalue weighted by Gasteiger charge is -2.24. The van der Waals surface area contributed by atoms with E-state index in [1.807, 2.05) is 11.3 Å². The van der Waals surface area contributed by atoms with E-state index in [4.69, 9.17) is 4.74 Å². The van der Waals surface area contributed by atoms with Crippen molar-refractivity contribution in [3.63, 3.8) is 0 Å². The molecule has 2 rings (SSSR count). The molecule has 2 nitrogen and oxygen atoms in total. The van der Waals surface area contributed by atoms with Gasteiger partial charge in [0.25, 0.3) is 0 Å². The molecular formula is C15H25NOS. The number of aryl methyl sites for hydroxylation is 1. The number of likely N-dealkylation sites (N-methyl/N-ethyl adjacent to an activating group) is 1. The summed E-state index contributed by atoms with van der Waals surface area (Å²) in [5.41, 5.74) is 0. The normalized spacial score (nSPS) is 25.5. The molecule has 0 bridgehead atoms. The number of hydrogen-bond acceptors (Lipinski definition) is 3. The zero-order valence-electron chi connectivity index (χ0n) is 11.7. The van der Waals surface area contributed by atoms with Gasteiger partial charge in [-0.15, -0.1) is 11.3 Å². The zero-order valence-corrected chi connectivity index (χ0v) is 12.6. The van der Waals surface area contributed by atoms with Gasteiger partial charge in [0.05, 0.1) is 12.2 Å². The third-order valence-corrected chi connectivity index (χ3v) is 4.92. The summed E-state index contributed by atoms with van der Waals surface area (Å²) in [7, 11) is 0. The van der Waals surface area contributed by atoms with Crippen molar-refractivity contribution in [2.75, 3.05) is 6.54 Å². The van der Waals surface area contributed by atoms with Gasteiger partial charge in [-0.3, -0.25) is 0 Å². The van der Waals surface area contributed by atoms with Gasteiger partial charge in [0.15, 0.2) is 0 Å². The first kappa shape index (κ1) is 14.0. The average Bonchev–Trinajstić information content (AvgIpc) is 2.97. The van der Waals surface area contributed by atoms with Crippen LogP contribution in [0, 0.1) is 0 Å². The largest absolute Gasteiger partial charge is 0.374 e. The summed E-state index contributed by atoms with van der Waals surface area (Å²) in [6, 6.07) is 5.02. The fourth-order valence-corrected chi connectivity index (χ4v) is 3.68. The van der Waals surface area contributed by atoms with Gasteiger partial charge in [-0.05, 0) is 51.3 Å². The van der Waals surface area contributed by atoms with Gasteiger partial charge in [-0.25, -0.2) is 0 Å². The summed E-state index contributed by atoms with van der Waals surface area (Å²) in [6.45, 7) is 7.60. The van der Waals surface area contributed by atoms with Gasteiger partial charge in [-0.2, -0.15) is 0 Å². The van der Waals surface area contributed by atoms with Crippen molar-refractivity contribution >= 4 is 11.3 Å². The second kappa shape index (κ2) is 6.69. The van der Waals surface area contributed by atoms with Crippen molar-refractivity contribution in [3.8, 4) is 0 Å². The van der Waals surface area contributed by atoms with Gasteiger partial charge in [0, 0.05) is 15.8 Å². The number of ether oxygens (including phenoxy) is 1. The maximum atomic E-state index is 6.02. The highest BCUT2D eigenvalue weighted by Crippen LogP contribution is 2.25. The molecule has 1 aliphatic heterocycles. The van der Waals surface area contributed by atoms with E-state index in [2.05, 4.69) is 38.2 Å². The molecule has 2 heterocycles. The van der Waals surface area contributed by atoms with Crippen molar-refractivity contribution in [3.05, 3.63) is 21.9 Å². The van der Waals surface area contributed by atoms with Crippen LogP contribution < -0.4 is 5.32 Å². The molecule has 18 heavy (non-hydrogen) atoms. The standard InChI is InChI=1S/C15H25NOS/c1-4-12-7-8-13(18-12)10-14(16-5-2)15-9-6-11(3)17-15/h7-8,11,14-16H,4-6,9-10H2,1-3H3. The molecule has 1 saturated heterocycles. The molecule has 3 unspecified atom stereocenters. The summed E-state index contributed by atoms with van der Waals surface area (Å²) in [5, 5.41) is 3.60. The first-order valence-electron chi connectivity index (χ1n) is 7.19. The Morgan fingerprint density at radius 3 is 2.67 bits per heavy atom. The highest BCUT2D eigenvalue weighted by atomic mass is 32.1. The third kappa shape index (κ3) is 3.56. The van der Waals surface area contributed by atoms with E-state index in [0.717, 1.165) is 19.4 Å². The summed E-state index contributed by atoms with van der Waals surface area (Å²) in [5.74, 6) is 0. The first-order valence-corrected chi connectivity index (χ1v) is 8.01. The highest BCUT2D eigenvalue weighted by molar-refractivity contribution is 7.11. The van der Waals surface area contributed by atoms with Gasteiger partial charge in [-0.1, -0.05) is 13.8 Å². The predicted octanol–water partition coefficient (Wildman–Crippen LogP) is 3.40. The second-order valence-corrected chi connectivity index (χ2v) is 6.41. The lowest BCUT2D eigenvalue weighted by Crippen LogP contribution is -2.41. The molecule has 1 aromatic rings. The molecule has 1 fully saturated rings. The molecule has 1 aliphatic rings. The van der Waals surface area contributed by atoms with Crippen LogP contribution in [0.4, 0.5) is 0 Å². The Hall–Kier alpha value is -0.380. The molecule has 0 aromatic carbocycles. The summed E-state index contributed by atoms with van der Waals surface area (Å²) >= 11 is 1.95. The first-order chi connectivity index (χ1) is 8.72. The summed E-state index contributed by atoms with van der Waals surface area (Å²) < 4.78 is 6.02. The van der Waals surface area contributed by atoms with Crippen molar-refractivity contribution < 1.29 is 4.74 Å². The van der Waals surface area contributed by atoms with Crippen LogP contribution in [0.5, 0.6) is 0 Å². The minimum atomic E-state index is 0.395. The molecule has 1 aromatic heterocycles. The minimum absolute atomic E-state index is 0.395. The van der Waals surface area contributed by atoms with Gasteiger partial charge >= 0.3 is 0 Å². The van der Waals surface area contributed by atoms with E-state index in [1.54, 1.807) is 0 Å². The van der Waals surface area contributed by atoms with Crippen LogP contribution in [0.1, 0.15) is 43.4 Å². The smallest absolute Gasteiger partial charge is 0.0736 e. The van der Waals surface area contributed by atoms with Crippen LogP contribution in [0.15, 0.2) is 12.1 Å². The van der Waals surface area contributed by atoms with E-state index in [1.165, 1.54) is 22.6 Å². The Kier molecular flexibility index (Phi) is 5.22. The molecule has 0 saturated carbocycles. The molecule has 1 N–H and O–H groups in total. The third-order valence-electron chi connectivity index (χ3n) is 3.67. The Morgan fingerprint density at radius 2 is 2.11 bits per heavy atom. The monoisotopic (exact) mass is 267 g/mol. The van der Waals surface area contributed by atoms with E-state index in [0.29, 0.717) is 18.2 Å². The van der Waals surface area contributed by atoms with Gasteiger partial charge in [0.2, 0.25) is 0 Å². The number of rotatable bonds is 6. The molecule has 3 atom stereocenters. The second-order valence-electron chi connectivity index (χ2n) is 5.15. The van der Waals surface area contributed by atoms with Crippen LogP contribution >= 0.6 is 11.3 Å². The Morgan fingerprint density at radius 1 is 1.33 bits per heavy atom. The maximum absolute atomic E-state index is 6.02. The van der Waals surface area contributed by atoms with E-state index >= 15 is 0 Å². The van der Waals surface area contributed by atoms with Crippen molar-refractivity contribution in [2.45, 2.75) is 64.7 Å².